The fourth-order valence-electron chi connectivity index (χ4n) is 3.86. The Morgan fingerprint density at radius 2 is 1.82 bits per heavy atom. The van der Waals surface area contributed by atoms with Crippen molar-refractivity contribution in [2.75, 3.05) is 23.4 Å². The minimum Gasteiger partial charge on any atom is -0.486 e. The van der Waals surface area contributed by atoms with E-state index in [1.54, 1.807) is 0 Å². The van der Waals surface area contributed by atoms with Crippen molar-refractivity contribution in [1.82, 2.24) is 9.97 Å². The Labute approximate surface area is 164 Å². The Morgan fingerprint density at radius 1 is 1.00 bits per heavy atom. The molecule has 5 rings (SSSR count). The van der Waals surface area contributed by atoms with Crippen LogP contribution < -0.4 is 19.7 Å². The van der Waals surface area contributed by atoms with Crippen LogP contribution in [0.3, 0.4) is 0 Å². The van der Waals surface area contributed by atoms with Crippen molar-refractivity contribution in [1.29, 1.82) is 0 Å². The number of rotatable bonds is 3. The lowest BCUT2D eigenvalue weighted by Crippen LogP contribution is -2.26. The Bertz CT molecular complexity index is 1040. The SMILES string of the molecule is Cc1cc(Nc2ccc3c(c2)OCCO3)nc(N2c3ccccc3CC2C)n1. The number of aromatic nitrogens is 2. The summed E-state index contributed by atoms with van der Waals surface area (Å²) in [6.07, 6.45) is 0.998. The van der Waals surface area contributed by atoms with Crippen LogP contribution in [-0.4, -0.2) is 29.2 Å². The van der Waals surface area contributed by atoms with Crippen molar-refractivity contribution in [2.24, 2.45) is 0 Å². The molecule has 2 aliphatic heterocycles. The van der Waals surface area contributed by atoms with Crippen molar-refractivity contribution in [3.63, 3.8) is 0 Å². The third-order valence-corrected chi connectivity index (χ3v) is 5.08. The zero-order chi connectivity index (χ0) is 19.1. The molecule has 0 bridgehead atoms. The van der Waals surface area contributed by atoms with Gasteiger partial charge in [0.1, 0.15) is 19.0 Å². The second-order valence-corrected chi connectivity index (χ2v) is 7.23. The number of nitrogens with one attached hydrogen (secondary N) is 1. The van der Waals surface area contributed by atoms with Gasteiger partial charge in [0.15, 0.2) is 11.5 Å². The minimum atomic E-state index is 0.321. The third kappa shape index (κ3) is 3.01. The molecule has 0 radical (unpaired) electrons. The summed E-state index contributed by atoms with van der Waals surface area (Å²) in [5, 5.41) is 3.38. The van der Waals surface area contributed by atoms with Crippen LogP contribution in [0.2, 0.25) is 0 Å². The molecule has 0 saturated carbocycles. The summed E-state index contributed by atoms with van der Waals surface area (Å²) in [6.45, 7) is 5.36. The predicted octanol–water partition coefficient (Wildman–Crippen LogP) is 4.38. The van der Waals surface area contributed by atoms with Crippen LogP contribution in [0, 0.1) is 6.92 Å². The highest BCUT2D eigenvalue weighted by Crippen LogP contribution is 2.37. The maximum absolute atomic E-state index is 5.68. The van der Waals surface area contributed by atoms with Crippen molar-refractivity contribution < 1.29 is 9.47 Å². The smallest absolute Gasteiger partial charge is 0.232 e. The second kappa shape index (κ2) is 6.71. The lowest BCUT2D eigenvalue weighted by atomic mass is 10.1. The van der Waals surface area contributed by atoms with Crippen LogP contribution in [0.1, 0.15) is 18.2 Å². The van der Waals surface area contributed by atoms with Gasteiger partial charge in [0, 0.05) is 35.2 Å². The van der Waals surface area contributed by atoms with Gasteiger partial charge in [0.2, 0.25) is 5.95 Å². The van der Waals surface area contributed by atoms with Crippen LogP contribution in [0.5, 0.6) is 11.5 Å². The maximum atomic E-state index is 5.68. The lowest BCUT2D eigenvalue weighted by molar-refractivity contribution is 0.171. The van der Waals surface area contributed by atoms with E-state index < -0.39 is 0 Å². The van der Waals surface area contributed by atoms with E-state index in [0.717, 1.165) is 41.1 Å². The molecular weight excluding hydrogens is 352 g/mol. The molecule has 0 amide bonds. The largest absolute Gasteiger partial charge is 0.486 e. The van der Waals surface area contributed by atoms with Crippen molar-refractivity contribution >= 4 is 23.1 Å². The number of hydrogen-bond acceptors (Lipinski definition) is 6. The number of hydrogen-bond donors (Lipinski definition) is 1. The maximum Gasteiger partial charge on any atom is 0.232 e. The number of ether oxygens (including phenoxy) is 2. The summed E-state index contributed by atoms with van der Waals surface area (Å²) >= 11 is 0. The first kappa shape index (κ1) is 16.9. The monoisotopic (exact) mass is 374 g/mol. The molecule has 0 spiro atoms. The molecule has 3 heterocycles. The van der Waals surface area contributed by atoms with Gasteiger partial charge in [0.25, 0.3) is 0 Å². The van der Waals surface area contributed by atoms with Gasteiger partial charge in [-0.3, -0.25) is 0 Å². The number of benzene rings is 2. The van der Waals surface area contributed by atoms with Crippen LogP contribution in [-0.2, 0) is 6.42 Å². The van der Waals surface area contributed by atoms with Crippen LogP contribution >= 0.6 is 0 Å². The van der Waals surface area contributed by atoms with Gasteiger partial charge in [0.05, 0.1) is 0 Å². The fraction of sp³-hybridized carbons (Fsp3) is 0.273. The first-order chi connectivity index (χ1) is 13.7. The van der Waals surface area contributed by atoms with Gasteiger partial charge in [-0.15, -0.1) is 0 Å². The lowest BCUT2D eigenvalue weighted by Gasteiger charge is -2.23. The molecule has 1 aromatic heterocycles. The van der Waals surface area contributed by atoms with Crippen LogP contribution in [0.4, 0.5) is 23.1 Å². The number of fused-ring (bicyclic) bond motifs is 2. The Morgan fingerprint density at radius 3 is 2.71 bits per heavy atom. The highest BCUT2D eigenvalue weighted by atomic mass is 16.6. The average Bonchev–Trinajstić information content (AvgIpc) is 3.03. The van der Waals surface area contributed by atoms with E-state index in [1.165, 1.54) is 11.3 Å². The molecule has 0 saturated heterocycles. The predicted molar refractivity (Wildman–Crippen MR) is 109 cm³/mol. The fourth-order valence-corrected chi connectivity index (χ4v) is 3.86. The summed E-state index contributed by atoms with van der Waals surface area (Å²) in [6, 6.07) is 16.6. The number of anilines is 4. The summed E-state index contributed by atoms with van der Waals surface area (Å²) < 4.78 is 11.3. The molecule has 2 aromatic carbocycles. The molecule has 1 N–H and O–H groups in total. The Balaban J connectivity index is 1.47. The summed E-state index contributed by atoms with van der Waals surface area (Å²) in [4.78, 5) is 11.7. The summed E-state index contributed by atoms with van der Waals surface area (Å²) in [5.41, 5.74) is 4.34. The van der Waals surface area contributed by atoms with E-state index in [0.29, 0.717) is 19.3 Å². The van der Waals surface area contributed by atoms with E-state index >= 15 is 0 Å². The van der Waals surface area contributed by atoms with Crippen LogP contribution in [0.25, 0.3) is 0 Å². The zero-order valence-corrected chi connectivity index (χ0v) is 16.0. The molecule has 0 fully saturated rings. The van der Waals surface area contributed by atoms with Crippen molar-refractivity contribution in [3.8, 4) is 11.5 Å². The number of nitrogens with zero attached hydrogens (tertiary/aromatic N) is 3. The molecule has 3 aromatic rings. The molecule has 1 atom stereocenters. The number of para-hydroxylation sites is 1. The Kier molecular flexibility index (Phi) is 4.04. The normalized spacial score (nSPS) is 17.4. The molecule has 6 heteroatoms. The molecule has 142 valence electrons. The third-order valence-electron chi connectivity index (χ3n) is 5.08. The van der Waals surface area contributed by atoms with E-state index in [1.807, 2.05) is 31.2 Å². The topological polar surface area (TPSA) is 59.5 Å². The van der Waals surface area contributed by atoms with Crippen molar-refractivity contribution in [3.05, 3.63) is 59.8 Å². The molecule has 2 aliphatic rings. The van der Waals surface area contributed by atoms with E-state index in [-0.39, 0.29) is 0 Å². The van der Waals surface area contributed by atoms with Gasteiger partial charge >= 0.3 is 0 Å². The van der Waals surface area contributed by atoms with Gasteiger partial charge in [-0.1, -0.05) is 18.2 Å². The highest BCUT2D eigenvalue weighted by molar-refractivity contribution is 5.69. The first-order valence-electron chi connectivity index (χ1n) is 9.57. The summed E-state index contributed by atoms with van der Waals surface area (Å²) in [5.74, 6) is 3.01. The molecule has 1 unspecified atom stereocenters. The van der Waals surface area contributed by atoms with Gasteiger partial charge in [-0.05, 0) is 44.0 Å². The minimum absolute atomic E-state index is 0.321. The highest BCUT2D eigenvalue weighted by Gasteiger charge is 2.29. The van der Waals surface area contributed by atoms with Gasteiger partial charge < -0.3 is 19.7 Å². The molecule has 28 heavy (non-hydrogen) atoms. The van der Waals surface area contributed by atoms with E-state index in [4.69, 9.17) is 19.4 Å². The first-order valence-corrected chi connectivity index (χ1v) is 9.57. The summed E-state index contributed by atoms with van der Waals surface area (Å²) in [7, 11) is 0. The van der Waals surface area contributed by atoms with E-state index in [9.17, 15) is 0 Å². The quantitative estimate of drug-likeness (QED) is 0.734. The average molecular weight is 374 g/mol. The standard InChI is InChI=1S/C22H22N4O2/c1-14-11-21(24-17-7-8-19-20(13-17)28-10-9-27-19)25-22(23-14)26-15(2)12-16-5-3-4-6-18(16)26/h3-8,11,13,15H,9-10,12H2,1-2H3,(H,23,24,25). The second-order valence-electron chi connectivity index (χ2n) is 7.23. The molecule has 6 nitrogen and oxygen atoms in total. The van der Waals surface area contributed by atoms with Crippen LogP contribution in [0.15, 0.2) is 48.5 Å². The van der Waals surface area contributed by atoms with Crippen molar-refractivity contribution in [2.45, 2.75) is 26.3 Å². The molecular formula is C22H22N4O2. The zero-order valence-electron chi connectivity index (χ0n) is 16.0. The van der Waals surface area contributed by atoms with Gasteiger partial charge in [-0.25, -0.2) is 4.98 Å². The Hall–Kier alpha value is -3.28. The number of aryl methyl sites for hydroxylation is 1. The molecule has 0 aliphatic carbocycles. The van der Waals surface area contributed by atoms with E-state index in [2.05, 4.69) is 41.4 Å². The van der Waals surface area contributed by atoms with Gasteiger partial charge in [-0.2, -0.15) is 4.98 Å².